The van der Waals surface area contributed by atoms with Gasteiger partial charge in [-0.15, -0.1) is 0 Å². The molecule has 3 rings (SSSR count). The van der Waals surface area contributed by atoms with Crippen LogP contribution in [0.1, 0.15) is 24.5 Å². The number of anilines is 1. The van der Waals surface area contributed by atoms with Crippen molar-refractivity contribution >= 4 is 11.6 Å². The summed E-state index contributed by atoms with van der Waals surface area (Å²) in [6, 6.07) is 5.46. The van der Waals surface area contributed by atoms with Crippen LogP contribution in [0.25, 0.3) is 0 Å². The van der Waals surface area contributed by atoms with Crippen molar-refractivity contribution in [3.05, 3.63) is 23.8 Å². The molecule has 0 spiro atoms. The molecule has 2 heterocycles. The number of nitrogens with one attached hydrogen (secondary N) is 1. The molecule has 1 aromatic rings. The van der Waals surface area contributed by atoms with Gasteiger partial charge >= 0.3 is 0 Å². The Morgan fingerprint density at radius 1 is 1.37 bits per heavy atom. The summed E-state index contributed by atoms with van der Waals surface area (Å²) in [4.78, 5) is 13.5. The van der Waals surface area contributed by atoms with Crippen LogP contribution in [0.3, 0.4) is 0 Å². The smallest absolute Gasteiger partial charge is 0.262 e. The quantitative estimate of drug-likeness (QED) is 0.857. The van der Waals surface area contributed by atoms with Crippen molar-refractivity contribution in [3.63, 3.8) is 0 Å². The number of β-amino-alcohol motifs (C(OH)–C–C–N with tert-alkyl or cyclic N) is 1. The van der Waals surface area contributed by atoms with E-state index < -0.39 is 6.10 Å². The Morgan fingerprint density at radius 3 is 2.95 bits per heavy atom. The molecule has 0 radical (unpaired) electrons. The molecule has 2 aliphatic rings. The molecular formula is C14H18N2O3. The average Bonchev–Trinajstić information content (AvgIpc) is 2.90. The van der Waals surface area contributed by atoms with Crippen LogP contribution in [0.4, 0.5) is 5.69 Å². The lowest BCUT2D eigenvalue weighted by Crippen LogP contribution is -2.27. The molecule has 1 unspecified atom stereocenters. The summed E-state index contributed by atoms with van der Waals surface area (Å²) in [7, 11) is 0. The second kappa shape index (κ2) is 5.19. The van der Waals surface area contributed by atoms with Crippen molar-refractivity contribution in [2.45, 2.75) is 18.9 Å². The van der Waals surface area contributed by atoms with Gasteiger partial charge in [0.1, 0.15) is 5.75 Å². The maximum absolute atomic E-state index is 11.3. The first-order valence-electron chi connectivity index (χ1n) is 6.69. The van der Waals surface area contributed by atoms with E-state index in [-0.39, 0.29) is 12.5 Å². The molecule has 1 atom stereocenters. The number of likely N-dealkylation sites (tertiary alicyclic amines) is 1. The number of hydrogen-bond donors (Lipinski definition) is 2. The zero-order valence-electron chi connectivity index (χ0n) is 10.8. The van der Waals surface area contributed by atoms with Crippen molar-refractivity contribution in [1.29, 1.82) is 0 Å². The lowest BCUT2D eigenvalue weighted by atomic mass is 10.1. The number of aliphatic hydroxyl groups is 1. The predicted octanol–water partition coefficient (Wildman–Crippen LogP) is 1.15. The van der Waals surface area contributed by atoms with Crippen LogP contribution in [0.5, 0.6) is 5.75 Å². The van der Waals surface area contributed by atoms with E-state index in [2.05, 4.69) is 10.2 Å². The number of fused-ring (bicyclic) bond motifs is 1. The Hall–Kier alpha value is -1.59. The summed E-state index contributed by atoms with van der Waals surface area (Å²) in [6.45, 7) is 2.82. The minimum Gasteiger partial charge on any atom is -0.482 e. The molecule has 5 heteroatoms. The summed E-state index contributed by atoms with van der Waals surface area (Å²) in [5.74, 6) is 0.510. The minimum absolute atomic E-state index is 0.0582. The van der Waals surface area contributed by atoms with E-state index in [1.807, 2.05) is 6.07 Å². The first-order valence-corrected chi connectivity index (χ1v) is 6.69. The van der Waals surface area contributed by atoms with Crippen molar-refractivity contribution in [1.82, 2.24) is 4.90 Å². The second-order valence-corrected chi connectivity index (χ2v) is 5.12. The molecule has 1 fully saturated rings. The topological polar surface area (TPSA) is 61.8 Å². The third-order valence-corrected chi connectivity index (χ3v) is 3.65. The van der Waals surface area contributed by atoms with Crippen molar-refractivity contribution in [3.8, 4) is 5.75 Å². The summed E-state index contributed by atoms with van der Waals surface area (Å²) in [5, 5.41) is 13.0. The number of carbonyl (C=O) groups excluding carboxylic acids is 1. The Labute approximate surface area is 112 Å². The number of carbonyl (C=O) groups is 1. The molecular weight excluding hydrogens is 244 g/mol. The van der Waals surface area contributed by atoms with E-state index in [0.717, 1.165) is 18.7 Å². The van der Waals surface area contributed by atoms with E-state index in [1.54, 1.807) is 12.1 Å². The van der Waals surface area contributed by atoms with Gasteiger partial charge < -0.3 is 20.1 Å². The van der Waals surface area contributed by atoms with E-state index in [1.165, 1.54) is 12.8 Å². The zero-order chi connectivity index (χ0) is 13.2. The molecule has 1 aromatic carbocycles. The Kier molecular flexibility index (Phi) is 3.40. The van der Waals surface area contributed by atoms with E-state index in [4.69, 9.17) is 4.74 Å². The number of hydrogen-bond acceptors (Lipinski definition) is 4. The van der Waals surface area contributed by atoms with Crippen LogP contribution in [0, 0.1) is 0 Å². The van der Waals surface area contributed by atoms with E-state index in [9.17, 15) is 9.90 Å². The molecule has 19 heavy (non-hydrogen) atoms. The molecule has 5 nitrogen and oxygen atoms in total. The Morgan fingerprint density at radius 2 is 2.16 bits per heavy atom. The van der Waals surface area contributed by atoms with Crippen molar-refractivity contribution in [2.24, 2.45) is 0 Å². The number of ether oxygens (including phenoxy) is 1. The van der Waals surface area contributed by atoms with Gasteiger partial charge in [0.25, 0.3) is 5.91 Å². The zero-order valence-corrected chi connectivity index (χ0v) is 10.8. The third kappa shape index (κ3) is 2.72. The van der Waals surface area contributed by atoms with Crippen LogP contribution in [-0.2, 0) is 4.79 Å². The van der Waals surface area contributed by atoms with Crippen LogP contribution >= 0.6 is 0 Å². The number of amides is 1. The summed E-state index contributed by atoms with van der Waals surface area (Å²) in [6.07, 6.45) is 1.89. The largest absolute Gasteiger partial charge is 0.482 e. The third-order valence-electron chi connectivity index (χ3n) is 3.65. The van der Waals surface area contributed by atoms with E-state index >= 15 is 0 Å². The molecule has 2 N–H and O–H groups in total. The normalized spacial score (nSPS) is 20.6. The van der Waals surface area contributed by atoms with Gasteiger partial charge in [0, 0.05) is 6.54 Å². The molecule has 0 aromatic heterocycles. The highest BCUT2D eigenvalue weighted by Crippen LogP contribution is 2.31. The van der Waals surface area contributed by atoms with Gasteiger partial charge in [-0.05, 0) is 43.6 Å². The van der Waals surface area contributed by atoms with Crippen LogP contribution < -0.4 is 10.1 Å². The van der Waals surface area contributed by atoms with Gasteiger partial charge in [-0.2, -0.15) is 0 Å². The fraction of sp³-hybridized carbons (Fsp3) is 0.500. The second-order valence-electron chi connectivity index (χ2n) is 5.12. The Bertz CT molecular complexity index is 484. The Balaban J connectivity index is 1.73. The van der Waals surface area contributed by atoms with Crippen LogP contribution in [0.15, 0.2) is 18.2 Å². The lowest BCUT2D eigenvalue weighted by molar-refractivity contribution is -0.118. The molecule has 0 aliphatic carbocycles. The summed E-state index contributed by atoms with van der Waals surface area (Å²) in [5.41, 5.74) is 1.46. The molecule has 0 bridgehead atoms. The molecule has 2 aliphatic heterocycles. The summed E-state index contributed by atoms with van der Waals surface area (Å²) >= 11 is 0. The number of aliphatic hydroxyl groups excluding tert-OH is 1. The fourth-order valence-electron chi connectivity index (χ4n) is 2.62. The highest BCUT2D eigenvalue weighted by atomic mass is 16.5. The minimum atomic E-state index is -0.526. The SMILES string of the molecule is O=C1COc2ccc(C(O)CN3CCCC3)cc2N1. The van der Waals surface area contributed by atoms with Gasteiger partial charge in [0.05, 0.1) is 11.8 Å². The first-order chi connectivity index (χ1) is 9.22. The molecule has 0 saturated carbocycles. The van der Waals surface area contributed by atoms with Crippen LogP contribution in [0.2, 0.25) is 0 Å². The first kappa shape index (κ1) is 12.4. The van der Waals surface area contributed by atoms with E-state index in [0.29, 0.717) is 18.0 Å². The van der Waals surface area contributed by atoms with Gasteiger partial charge in [-0.1, -0.05) is 6.07 Å². The predicted molar refractivity (Wildman–Crippen MR) is 71.2 cm³/mol. The van der Waals surface area contributed by atoms with Gasteiger partial charge in [0.2, 0.25) is 0 Å². The highest BCUT2D eigenvalue weighted by molar-refractivity contribution is 5.95. The van der Waals surface area contributed by atoms with Gasteiger partial charge in [0.15, 0.2) is 6.61 Å². The van der Waals surface area contributed by atoms with Crippen molar-refractivity contribution in [2.75, 3.05) is 31.6 Å². The lowest BCUT2D eigenvalue weighted by Gasteiger charge is -2.22. The maximum atomic E-state index is 11.3. The van der Waals surface area contributed by atoms with Gasteiger partial charge in [-0.25, -0.2) is 0 Å². The van der Waals surface area contributed by atoms with Crippen LogP contribution in [-0.4, -0.2) is 42.2 Å². The standard InChI is InChI=1S/C14H18N2O3/c17-12(8-16-5-1-2-6-16)10-3-4-13-11(7-10)15-14(18)9-19-13/h3-4,7,12,17H,1-2,5-6,8-9H2,(H,15,18). The molecule has 1 saturated heterocycles. The molecule has 102 valence electrons. The highest BCUT2D eigenvalue weighted by Gasteiger charge is 2.20. The summed E-state index contributed by atoms with van der Waals surface area (Å²) < 4.78 is 5.30. The van der Waals surface area contributed by atoms with Crippen molar-refractivity contribution < 1.29 is 14.6 Å². The molecule has 1 amide bonds. The fourth-order valence-corrected chi connectivity index (χ4v) is 2.62. The van der Waals surface area contributed by atoms with Gasteiger partial charge in [-0.3, -0.25) is 4.79 Å². The number of benzene rings is 1. The maximum Gasteiger partial charge on any atom is 0.262 e. The monoisotopic (exact) mass is 262 g/mol. The number of nitrogens with zero attached hydrogens (tertiary/aromatic N) is 1. The average molecular weight is 262 g/mol. The number of rotatable bonds is 3.